The van der Waals surface area contributed by atoms with E-state index < -0.39 is 12.1 Å². The third-order valence-electron chi connectivity index (χ3n) is 1.18. The molecule has 0 saturated heterocycles. The van der Waals surface area contributed by atoms with Gasteiger partial charge in [-0.2, -0.15) is 0 Å². The highest BCUT2D eigenvalue weighted by Gasteiger charge is 2.33. The van der Waals surface area contributed by atoms with Crippen molar-refractivity contribution in [3.8, 4) is 5.75 Å². The molecule has 1 aromatic carbocycles. The first kappa shape index (κ1) is 12.1. The first-order valence-electron chi connectivity index (χ1n) is 3.20. The second-order valence-electron chi connectivity index (χ2n) is 2.25. The molecule has 0 radical (unpaired) electrons. The Morgan fingerprint density at radius 3 is 2.21 bits per heavy atom. The zero-order chi connectivity index (χ0) is 10.9. The van der Waals surface area contributed by atoms with E-state index in [2.05, 4.69) is 36.6 Å². The molecule has 0 fully saturated rings. The van der Waals surface area contributed by atoms with E-state index in [1.807, 2.05) is 0 Å². The van der Waals surface area contributed by atoms with Crippen LogP contribution in [0.15, 0.2) is 21.1 Å². The molecule has 0 aliphatic rings. The molecule has 1 aromatic rings. The van der Waals surface area contributed by atoms with E-state index >= 15 is 0 Å². The first-order valence-corrected chi connectivity index (χ1v) is 5.16. The molecule has 0 aliphatic carbocycles. The number of halogens is 6. The lowest BCUT2D eigenvalue weighted by molar-refractivity contribution is -0.274. The van der Waals surface area contributed by atoms with Crippen molar-refractivity contribution in [2.75, 3.05) is 0 Å². The number of benzene rings is 1. The SMILES string of the molecule is FC(F)(F)Oc1c(Cl)cc(Br)cc1Br. The fourth-order valence-electron chi connectivity index (χ4n) is 0.742. The van der Waals surface area contributed by atoms with Crippen LogP contribution in [0.4, 0.5) is 13.2 Å². The van der Waals surface area contributed by atoms with Crippen LogP contribution >= 0.6 is 43.5 Å². The maximum absolute atomic E-state index is 11.9. The minimum absolute atomic E-state index is 0.122. The molecule has 1 rings (SSSR count). The summed E-state index contributed by atoms with van der Waals surface area (Å²) in [5.41, 5.74) is 0. The van der Waals surface area contributed by atoms with Crippen molar-refractivity contribution in [2.45, 2.75) is 6.36 Å². The van der Waals surface area contributed by atoms with Gasteiger partial charge in [-0.3, -0.25) is 0 Å². The van der Waals surface area contributed by atoms with Gasteiger partial charge in [0.05, 0.1) is 9.50 Å². The number of rotatable bonds is 1. The third kappa shape index (κ3) is 3.33. The highest BCUT2D eigenvalue weighted by Crippen LogP contribution is 2.38. The summed E-state index contributed by atoms with van der Waals surface area (Å²) in [5, 5.41) is -0.122. The number of alkyl halides is 3. The van der Waals surface area contributed by atoms with E-state index in [1.54, 1.807) is 0 Å². The number of hydrogen-bond donors (Lipinski definition) is 0. The summed E-state index contributed by atoms with van der Waals surface area (Å²) in [4.78, 5) is 0. The topological polar surface area (TPSA) is 9.23 Å². The van der Waals surface area contributed by atoms with Crippen LogP contribution in [0.25, 0.3) is 0 Å². The Balaban J connectivity index is 3.09. The van der Waals surface area contributed by atoms with Crippen molar-refractivity contribution in [3.05, 3.63) is 26.1 Å². The van der Waals surface area contributed by atoms with Crippen LogP contribution in [0, 0.1) is 0 Å². The quantitative estimate of drug-likeness (QED) is 0.706. The summed E-state index contributed by atoms with van der Waals surface area (Å²) < 4.78 is 40.1. The Labute approximate surface area is 99.4 Å². The number of ether oxygens (including phenoxy) is 1. The summed E-state index contributed by atoms with van der Waals surface area (Å²) in [7, 11) is 0. The summed E-state index contributed by atoms with van der Waals surface area (Å²) in [6.07, 6.45) is -4.75. The van der Waals surface area contributed by atoms with E-state index in [0.717, 1.165) is 0 Å². The van der Waals surface area contributed by atoms with Gasteiger partial charge in [0.1, 0.15) is 0 Å². The van der Waals surface area contributed by atoms with Gasteiger partial charge in [-0.15, -0.1) is 13.2 Å². The molecule has 0 atom stereocenters. The minimum Gasteiger partial charge on any atom is -0.403 e. The van der Waals surface area contributed by atoms with Crippen molar-refractivity contribution in [1.82, 2.24) is 0 Å². The molecular weight excluding hydrogens is 352 g/mol. The predicted octanol–water partition coefficient (Wildman–Crippen LogP) is 4.76. The van der Waals surface area contributed by atoms with E-state index in [0.29, 0.717) is 4.47 Å². The molecule has 0 N–H and O–H groups in total. The highest BCUT2D eigenvalue weighted by atomic mass is 79.9. The zero-order valence-electron chi connectivity index (χ0n) is 6.33. The highest BCUT2D eigenvalue weighted by molar-refractivity contribution is 9.11. The predicted molar refractivity (Wildman–Crippen MR) is 53.5 cm³/mol. The minimum atomic E-state index is -4.75. The molecule has 0 aromatic heterocycles. The molecule has 0 amide bonds. The molecule has 0 aliphatic heterocycles. The lowest BCUT2D eigenvalue weighted by Crippen LogP contribution is -2.17. The molecule has 0 heterocycles. The lowest BCUT2D eigenvalue weighted by Gasteiger charge is -2.12. The molecule has 0 saturated carbocycles. The normalized spacial score (nSPS) is 11.6. The summed E-state index contributed by atoms with van der Waals surface area (Å²) >= 11 is 11.5. The summed E-state index contributed by atoms with van der Waals surface area (Å²) in [5.74, 6) is -0.442. The van der Waals surface area contributed by atoms with E-state index in [4.69, 9.17) is 11.6 Å². The second kappa shape index (κ2) is 4.28. The Kier molecular flexibility index (Phi) is 3.71. The molecule has 0 bridgehead atoms. The van der Waals surface area contributed by atoms with Crippen LogP contribution in [-0.4, -0.2) is 6.36 Å². The Morgan fingerprint density at radius 1 is 1.21 bits per heavy atom. The van der Waals surface area contributed by atoms with Gasteiger partial charge in [0.2, 0.25) is 0 Å². The summed E-state index contributed by atoms with van der Waals surface area (Å²) in [6, 6.07) is 2.72. The molecule has 78 valence electrons. The van der Waals surface area contributed by atoms with Gasteiger partial charge < -0.3 is 4.74 Å². The van der Waals surface area contributed by atoms with E-state index in [1.165, 1.54) is 12.1 Å². The van der Waals surface area contributed by atoms with Gasteiger partial charge in [0.15, 0.2) is 5.75 Å². The third-order valence-corrected chi connectivity index (χ3v) is 2.51. The smallest absolute Gasteiger partial charge is 0.403 e. The lowest BCUT2D eigenvalue weighted by atomic mass is 10.3. The average Bonchev–Trinajstić information content (AvgIpc) is 1.95. The van der Waals surface area contributed by atoms with Crippen LogP contribution in [0.1, 0.15) is 0 Å². The Bertz CT molecular complexity index is 330. The second-order valence-corrected chi connectivity index (χ2v) is 4.42. The van der Waals surface area contributed by atoms with Gasteiger partial charge >= 0.3 is 6.36 Å². The summed E-state index contributed by atoms with van der Waals surface area (Å²) in [6.45, 7) is 0. The van der Waals surface area contributed by atoms with Crippen LogP contribution in [0.3, 0.4) is 0 Å². The zero-order valence-corrected chi connectivity index (χ0v) is 10.3. The van der Waals surface area contributed by atoms with Gasteiger partial charge in [-0.1, -0.05) is 27.5 Å². The van der Waals surface area contributed by atoms with Gasteiger partial charge in [-0.25, -0.2) is 0 Å². The van der Waals surface area contributed by atoms with E-state index in [-0.39, 0.29) is 9.50 Å². The van der Waals surface area contributed by atoms with Gasteiger partial charge in [-0.05, 0) is 28.1 Å². The molecular formula is C7H2Br2ClF3O. The van der Waals surface area contributed by atoms with E-state index in [9.17, 15) is 13.2 Å². The maximum Gasteiger partial charge on any atom is 0.573 e. The number of hydrogen-bond acceptors (Lipinski definition) is 1. The van der Waals surface area contributed by atoms with Crippen LogP contribution < -0.4 is 4.74 Å². The van der Waals surface area contributed by atoms with Crippen molar-refractivity contribution in [3.63, 3.8) is 0 Å². The monoisotopic (exact) mass is 352 g/mol. The maximum atomic E-state index is 11.9. The van der Waals surface area contributed by atoms with Gasteiger partial charge in [0, 0.05) is 4.47 Å². The molecule has 14 heavy (non-hydrogen) atoms. The average molecular weight is 354 g/mol. The Morgan fingerprint density at radius 2 is 1.79 bits per heavy atom. The van der Waals surface area contributed by atoms with Crippen molar-refractivity contribution in [1.29, 1.82) is 0 Å². The molecule has 1 nitrogen and oxygen atoms in total. The van der Waals surface area contributed by atoms with Crippen molar-refractivity contribution >= 4 is 43.5 Å². The van der Waals surface area contributed by atoms with Crippen LogP contribution in [0.2, 0.25) is 5.02 Å². The van der Waals surface area contributed by atoms with Crippen LogP contribution in [0.5, 0.6) is 5.75 Å². The first-order chi connectivity index (χ1) is 6.29. The van der Waals surface area contributed by atoms with Gasteiger partial charge in [0.25, 0.3) is 0 Å². The molecule has 0 spiro atoms. The fraction of sp³-hybridized carbons (Fsp3) is 0.143. The molecule has 7 heteroatoms. The largest absolute Gasteiger partial charge is 0.573 e. The molecule has 0 unspecified atom stereocenters. The van der Waals surface area contributed by atoms with Crippen molar-refractivity contribution in [2.24, 2.45) is 0 Å². The van der Waals surface area contributed by atoms with Crippen LogP contribution in [-0.2, 0) is 0 Å². The Hall–Kier alpha value is 0.0600. The fourth-order valence-corrected chi connectivity index (χ4v) is 2.55. The van der Waals surface area contributed by atoms with Crippen molar-refractivity contribution < 1.29 is 17.9 Å². The standard InChI is InChI=1S/C7H2Br2ClF3O/c8-3-1-4(9)6(5(10)2-3)14-7(11,12)13/h1-2H.